The fourth-order valence-corrected chi connectivity index (χ4v) is 4.27. The van der Waals surface area contributed by atoms with Crippen molar-refractivity contribution in [2.24, 2.45) is 17.8 Å². The molecule has 0 aromatic heterocycles. The number of carbonyl (C=O) groups is 2. The molecule has 2 atom stereocenters. The lowest BCUT2D eigenvalue weighted by atomic mass is 9.82. The largest absolute Gasteiger partial charge is 0.344 e. The third-order valence-electron chi connectivity index (χ3n) is 5.81. The molecule has 2 rings (SSSR count). The van der Waals surface area contributed by atoms with Gasteiger partial charge in [-0.25, -0.2) is 0 Å². The Morgan fingerprint density at radius 3 is 2.12 bits per heavy atom. The minimum Gasteiger partial charge on any atom is -0.344 e. The molecule has 1 saturated carbocycles. The number of nitrogens with zero attached hydrogens (tertiary/aromatic N) is 1. The third-order valence-corrected chi connectivity index (χ3v) is 5.81. The van der Waals surface area contributed by atoms with E-state index in [1.165, 1.54) is 25.7 Å². The van der Waals surface area contributed by atoms with E-state index in [2.05, 4.69) is 24.1 Å². The van der Waals surface area contributed by atoms with Crippen molar-refractivity contribution in [2.45, 2.75) is 91.1 Å². The first-order valence-electron chi connectivity index (χ1n) is 10.0. The van der Waals surface area contributed by atoms with Crippen LogP contribution in [0.3, 0.4) is 0 Å². The molecule has 138 valence electrons. The van der Waals surface area contributed by atoms with Crippen LogP contribution in [0.15, 0.2) is 0 Å². The van der Waals surface area contributed by atoms with E-state index in [9.17, 15) is 9.59 Å². The van der Waals surface area contributed by atoms with Crippen LogP contribution < -0.4 is 5.32 Å². The second kappa shape index (κ2) is 8.87. The third kappa shape index (κ3) is 4.73. The summed E-state index contributed by atoms with van der Waals surface area (Å²) >= 11 is 0. The summed E-state index contributed by atoms with van der Waals surface area (Å²) in [6.45, 7) is 9.06. The maximum atomic E-state index is 13.4. The predicted molar refractivity (Wildman–Crippen MR) is 97.5 cm³/mol. The zero-order chi connectivity index (χ0) is 17.7. The van der Waals surface area contributed by atoms with Gasteiger partial charge in [0.2, 0.25) is 11.8 Å². The Bertz CT molecular complexity index is 427. The Labute approximate surface area is 147 Å². The summed E-state index contributed by atoms with van der Waals surface area (Å²) in [5, 5.41) is 3.11. The van der Waals surface area contributed by atoms with Crippen molar-refractivity contribution in [1.29, 1.82) is 0 Å². The quantitative estimate of drug-likeness (QED) is 0.831. The molecule has 2 fully saturated rings. The molecule has 1 heterocycles. The van der Waals surface area contributed by atoms with E-state index in [1.807, 2.05) is 13.8 Å². The number of nitrogens with one attached hydrogen (secondary N) is 1. The van der Waals surface area contributed by atoms with Gasteiger partial charge in [0.15, 0.2) is 0 Å². The summed E-state index contributed by atoms with van der Waals surface area (Å²) in [6.07, 6.45) is 9.14. The van der Waals surface area contributed by atoms with Gasteiger partial charge < -0.3 is 10.2 Å². The summed E-state index contributed by atoms with van der Waals surface area (Å²) < 4.78 is 0. The van der Waals surface area contributed by atoms with Crippen molar-refractivity contribution in [2.75, 3.05) is 6.54 Å². The fraction of sp³-hybridized carbons (Fsp3) is 0.900. The first kappa shape index (κ1) is 19.3. The van der Waals surface area contributed by atoms with E-state index >= 15 is 0 Å². The number of amides is 2. The Balaban J connectivity index is 2.16. The van der Waals surface area contributed by atoms with Gasteiger partial charge in [-0.05, 0) is 43.9 Å². The SMILES string of the molecule is CC(C)C(=O)NC(C(=O)N1CCCCC1C(C)C)C1CCCCC1. The topological polar surface area (TPSA) is 49.4 Å². The molecule has 2 unspecified atom stereocenters. The first-order chi connectivity index (χ1) is 11.4. The summed E-state index contributed by atoms with van der Waals surface area (Å²) in [5.41, 5.74) is 0. The van der Waals surface area contributed by atoms with E-state index in [-0.39, 0.29) is 23.8 Å². The second-order valence-electron chi connectivity index (χ2n) is 8.38. The number of hydrogen-bond acceptors (Lipinski definition) is 2. The predicted octanol–water partition coefficient (Wildman–Crippen LogP) is 3.74. The molecular formula is C20H36N2O2. The molecule has 2 aliphatic rings. The summed E-state index contributed by atoms with van der Waals surface area (Å²) in [5.74, 6) is 0.892. The van der Waals surface area contributed by atoms with Crippen LogP contribution in [0.1, 0.15) is 79.1 Å². The van der Waals surface area contributed by atoms with Gasteiger partial charge in [0.1, 0.15) is 6.04 Å². The molecule has 1 saturated heterocycles. The smallest absolute Gasteiger partial charge is 0.245 e. The molecule has 1 N–H and O–H groups in total. The molecule has 0 spiro atoms. The summed E-state index contributed by atoms with van der Waals surface area (Å²) in [6, 6.07) is 0.00726. The van der Waals surface area contributed by atoms with Crippen molar-refractivity contribution in [3.05, 3.63) is 0 Å². The molecule has 24 heavy (non-hydrogen) atoms. The lowest BCUT2D eigenvalue weighted by molar-refractivity contribution is -0.143. The zero-order valence-electron chi connectivity index (χ0n) is 16.0. The Kier molecular flexibility index (Phi) is 7.12. The molecule has 0 aromatic carbocycles. The van der Waals surface area contributed by atoms with Crippen LogP contribution in [0.25, 0.3) is 0 Å². The standard InChI is InChI=1S/C20H36N2O2/c1-14(2)17-12-8-9-13-22(17)20(24)18(21-19(23)15(3)4)16-10-6-5-7-11-16/h14-18H,5-13H2,1-4H3,(H,21,23). The molecule has 1 aliphatic carbocycles. The number of carbonyl (C=O) groups excluding carboxylic acids is 2. The maximum Gasteiger partial charge on any atom is 0.245 e. The van der Waals surface area contributed by atoms with Crippen molar-refractivity contribution < 1.29 is 9.59 Å². The van der Waals surface area contributed by atoms with Gasteiger partial charge in [0.05, 0.1) is 0 Å². The number of hydrogen-bond donors (Lipinski definition) is 1. The Morgan fingerprint density at radius 2 is 1.54 bits per heavy atom. The van der Waals surface area contributed by atoms with E-state index < -0.39 is 0 Å². The lowest BCUT2D eigenvalue weighted by Gasteiger charge is -2.42. The van der Waals surface area contributed by atoms with Crippen LogP contribution in [0.5, 0.6) is 0 Å². The second-order valence-corrected chi connectivity index (χ2v) is 8.38. The van der Waals surface area contributed by atoms with Crippen molar-refractivity contribution >= 4 is 11.8 Å². The summed E-state index contributed by atoms with van der Waals surface area (Å²) in [7, 11) is 0. The van der Waals surface area contributed by atoms with E-state index in [0.717, 1.165) is 32.2 Å². The molecule has 0 bridgehead atoms. The number of piperidine rings is 1. The van der Waals surface area contributed by atoms with Gasteiger partial charge in [-0.3, -0.25) is 9.59 Å². The van der Waals surface area contributed by atoms with E-state index in [1.54, 1.807) is 0 Å². The highest BCUT2D eigenvalue weighted by atomic mass is 16.2. The highest BCUT2D eigenvalue weighted by molar-refractivity contribution is 5.88. The van der Waals surface area contributed by atoms with Gasteiger partial charge in [0.25, 0.3) is 0 Å². The van der Waals surface area contributed by atoms with Gasteiger partial charge in [-0.2, -0.15) is 0 Å². The molecule has 1 aliphatic heterocycles. The molecule has 4 nitrogen and oxygen atoms in total. The molecule has 2 amide bonds. The Morgan fingerprint density at radius 1 is 0.917 bits per heavy atom. The van der Waals surface area contributed by atoms with Crippen LogP contribution in [-0.4, -0.2) is 35.3 Å². The first-order valence-corrected chi connectivity index (χ1v) is 10.0. The van der Waals surface area contributed by atoms with Crippen LogP contribution in [0.2, 0.25) is 0 Å². The number of likely N-dealkylation sites (tertiary alicyclic amines) is 1. The van der Waals surface area contributed by atoms with Gasteiger partial charge in [0, 0.05) is 18.5 Å². The normalized spacial score (nSPS) is 24.2. The van der Waals surface area contributed by atoms with Crippen LogP contribution in [0.4, 0.5) is 0 Å². The molecule has 0 aromatic rings. The van der Waals surface area contributed by atoms with Crippen LogP contribution in [0, 0.1) is 17.8 Å². The van der Waals surface area contributed by atoms with Crippen LogP contribution in [-0.2, 0) is 9.59 Å². The molecular weight excluding hydrogens is 300 g/mol. The molecule has 0 radical (unpaired) electrons. The average Bonchev–Trinajstić information content (AvgIpc) is 2.59. The minimum absolute atomic E-state index is 0.0111. The Hall–Kier alpha value is -1.06. The minimum atomic E-state index is -0.320. The zero-order valence-corrected chi connectivity index (χ0v) is 16.0. The average molecular weight is 337 g/mol. The summed E-state index contributed by atoms with van der Waals surface area (Å²) in [4.78, 5) is 27.8. The molecule has 4 heteroatoms. The van der Waals surface area contributed by atoms with Crippen molar-refractivity contribution in [3.8, 4) is 0 Å². The van der Waals surface area contributed by atoms with Gasteiger partial charge >= 0.3 is 0 Å². The van der Waals surface area contributed by atoms with Crippen molar-refractivity contribution in [3.63, 3.8) is 0 Å². The maximum absolute atomic E-state index is 13.4. The van der Waals surface area contributed by atoms with E-state index in [4.69, 9.17) is 0 Å². The highest BCUT2D eigenvalue weighted by Gasteiger charge is 2.38. The van der Waals surface area contributed by atoms with Crippen LogP contribution >= 0.6 is 0 Å². The van der Waals surface area contributed by atoms with Gasteiger partial charge in [-0.1, -0.05) is 47.0 Å². The van der Waals surface area contributed by atoms with E-state index in [0.29, 0.717) is 17.9 Å². The highest BCUT2D eigenvalue weighted by Crippen LogP contribution is 2.30. The lowest BCUT2D eigenvalue weighted by Crippen LogP contribution is -2.57. The number of rotatable bonds is 5. The van der Waals surface area contributed by atoms with Gasteiger partial charge in [-0.15, -0.1) is 0 Å². The monoisotopic (exact) mass is 336 g/mol. The van der Waals surface area contributed by atoms with Crippen molar-refractivity contribution in [1.82, 2.24) is 10.2 Å². The fourth-order valence-electron chi connectivity index (χ4n) is 4.27.